The van der Waals surface area contributed by atoms with Gasteiger partial charge in [0.15, 0.2) is 0 Å². The Morgan fingerprint density at radius 3 is 2.79 bits per heavy atom. The van der Waals surface area contributed by atoms with Gasteiger partial charge in [0.2, 0.25) is 11.8 Å². The highest BCUT2D eigenvalue weighted by Crippen LogP contribution is 2.29. The van der Waals surface area contributed by atoms with Gasteiger partial charge in [0, 0.05) is 18.0 Å². The lowest BCUT2D eigenvalue weighted by Gasteiger charge is -2.07. The molecule has 0 atom stereocenters. The van der Waals surface area contributed by atoms with Crippen molar-refractivity contribution in [3.8, 4) is 5.88 Å². The van der Waals surface area contributed by atoms with Crippen LogP contribution in [-0.2, 0) is 18.3 Å². The molecule has 0 saturated carbocycles. The molecule has 0 aliphatic carbocycles. The smallest absolute Gasteiger partial charge is 0.236 e. The number of nitrogens with one attached hydrogen (secondary N) is 1. The molecule has 2 heterocycles. The Morgan fingerprint density at radius 1 is 1.33 bits per heavy atom. The fourth-order valence-electron chi connectivity index (χ4n) is 2.90. The van der Waals surface area contributed by atoms with E-state index < -0.39 is 0 Å². The van der Waals surface area contributed by atoms with Gasteiger partial charge in [-0.1, -0.05) is 12.1 Å². The summed E-state index contributed by atoms with van der Waals surface area (Å²) in [4.78, 5) is 12.5. The molecule has 6 nitrogen and oxygen atoms in total. The van der Waals surface area contributed by atoms with Crippen molar-refractivity contribution < 1.29 is 13.9 Å². The quantitative estimate of drug-likeness (QED) is 0.798. The van der Waals surface area contributed by atoms with Crippen LogP contribution in [0.15, 0.2) is 22.8 Å². The lowest BCUT2D eigenvalue weighted by atomic mass is 10.0. The molecule has 1 amide bonds. The van der Waals surface area contributed by atoms with Crippen molar-refractivity contribution in [2.24, 2.45) is 7.05 Å². The molecule has 0 bridgehead atoms. The number of carbonyl (C=O) groups is 1. The first kappa shape index (κ1) is 16.1. The summed E-state index contributed by atoms with van der Waals surface area (Å²) in [5.74, 6) is 0.398. The minimum Gasteiger partial charge on any atom is -0.480 e. The average molecular weight is 327 g/mol. The van der Waals surface area contributed by atoms with E-state index in [9.17, 15) is 4.79 Å². The van der Waals surface area contributed by atoms with Crippen molar-refractivity contribution in [2.45, 2.75) is 27.2 Å². The van der Waals surface area contributed by atoms with Gasteiger partial charge in [-0.25, -0.2) is 4.68 Å². The summed E-state index contributed by atoms with van der Waals surface area (Å²) in [7, 11) is 3.33. The van der Waals surface area contributed by atoms with Gasteiger partial charge in [0.05, 0.1) is 25.5 Å². The lowest BCUT2D eigenvalue weighted by Crippen LogP contribution is -2.15. The van der Waals surface area contributed by atoms with Crippen LogP contribution in [0.3, 0.4) is 0 Å². The molecule has 3 aromatic rings. The van der Waals surface area contributed by atoms with Crippen LogP contribution < -0.4 is 10.1 Å². The monoisotopic (exact) mass is 327 g/mol. The summed E-state index contributed by atoms with van der Waals surface area (Å²) in [5, 5.41) is 8.13. The zero-order valence-corrected chi connectivity index (χ0v) is 14.6. The van der Waals surface area contributed by atoms with Crippen molar-refractivity contribution in [3.63, 3.8) is 0 Å². The van der Waals surface area contributed by atoms with Crippen LogP contribution in [0, 0.1) is 20.8 Å². The number of ether oxygens (including phenoxy) is 1. The summed E-state index contributed by atoms with van der Waals surface area (Å²) in [6, 6.07) is 4.04. The zero-order valence-electron chi connectivity index (χ0n) is 14.6. The summed E-state index contributed by atoms with van der Waals surface area (Å²) in [6.07, 6.45) is 1.89. The van der Waals surface area contributed by atoms with Crippen LogP contribution in [0.5, 0.6) is 5.88 Å². The maximum Gasteiger partial charge on any atom is 0.236 e. The van der Waals surface area contributed by atoms with Gasteiger partial charge in [-0.2, -0.15) is 5.10 Å². The Kier molecular flexibility index (Phi) is 4.05. The maximum atomic E-state index is 12.5. The van der Waals surface area contributed by atoms with Crippen LogP contribution in [0.4, 0.5) is 5.69 Å². The van der Waals surface area contributed by atoms with Gasteiger partial charge < -0.3 is 14.5 Å². The minimum atomic E-state index is -0.134. The van der Waals surface area contributed by atoms with Crippen molar-refractivity contribution >= 4 is 22.6 Å². The molecule has 0 unspecified atom stereocenters. The molecule has 1 aromatic carbocycles. The van der Waals surface area contributed by atoms with Gasteiger partial charge in [-0.15, -0.1) is 0 Å². The third kappa shape index (κ3) is 2.64. The Labute approximate surface area is 140 Å². The molecular formula is C18H21N3O3. The van der Waals surface area contributed by atoms with E-state index in [1.807, 2.05) is 32.9 Å². The number of aromatic nitrogens is 2. The van der Waals surface area contributed by atoms with E-state index >= 15 is 0 Å². The maximum absolute atomic E-state index is 12.5. The normalized spacial score (nSPS) is 11.0. The van der Waals surface area contributed by atoms with Gasteiger partial charge in [-0.3, -0.25) is 4.79 Å². The number of hydrogen-bond acceptors (Lipinski definition) is 4. The number of anilines is 1. The molecule has 0 aliphatic heterocycles. The molecule has 3 rings (SSSR count). The minimum absolute atomic E-state index is 0.134. The van der Waals surface area contributed by atoms with E-state index in [1.54, 1.807) is 25.1 Å². The number of amides is 1. The highest BCUT2D eigenvalue weighted by Gasteiger charge is 2.18. The summed E-state index contributed by atoms with van der Waals surface area (Å²) >= 11 is 0. The molecule has 2 aromatic heterocycles. The molecule has 24 heavy (non-hydrogen) atoms. The fraction of sp³-hybridized carbons (Fsp3) is 0.333. The van der Waals surface area contributed by atoms with E-state index in [0.717, 1.165) is 22.1 Å². The first-order valence-electron chi connectivity index (χ1n) is 7.76. The van der Waals surface area contributed by atoms with E-state index in [4.69, 9.17) is 9.15 Å². The van der Waals surface area contributed by atoms with Crippen LogP contribution in [-0.4, -0.2) is 22.8 Å². The van der Waals surface area contributed by atoms with E-state index in [2.05, 4.69) is 10.4 Å². The first-order chi connectivity index (χ1) is 11.4. The van der Waals surface area contributed by atoms with Crippen LogP contribution in [0.2, 0.25) is 0 Å². The number of fused-ring (bicyclic) bond motifs is 1. The summed E-state index contributed by atoms with van der Waals surface area (Å²) in [6.45, 7) is 5.90. The van der Waals surface area contributed by atoms with Crippen molar-refractivity contribution in [3.05, 3.63) is 40.8 Å². The van der Waals surface area contributed by atoms with E-state index in [1.165, 1.54) is 5.56 Å². The summed E-state index contributed by atoms with van der Waals surface area (Å²) in [5.41, 5.74) is 5.29. The molecule has 0 fully saturated rings. The second kappa shape index (κ2) is 6.03. The van der Waals surface area contributed by atoms with Crippen molar-refractivity contribution in [1.82, 2.24) is 9.78 Å². The molecule has 0 spiro atoms. The highest BCUT2D eigenvalue weighted by atomic mass is 16.5. The van der Waals surface area contributed by atoms with Crippen LogP contribution in [0.25, 0.3) is 11.0 Å². The lowest BCUT2D eigenvalue weighted by molar-refractivity contribution is -0.115. The number of aryl methyl sites for hydroxylation is 4. The Bertz CT molecular complexity index is 921. The standard InChI is InChI=1S/C18H21N3O3/c1-10-6-7-14-13(9-24-17(14)11(10)2)8-15(22)19-16-12(3)20-21(4)18(16)23-5/h6-7,9H,8H2,1-5H3,(H,19,22). The Balaban J connectivity index is 1.85. The highest BCUT2D eigenvalue weighted by molar-refractivity contribution is 5.97. The number of carbonyl (C=O) groups excluding carboxylic acids is 1. The zero-order chi connectivity index (χ0) is 17.4. The van der Waals surface area contributed by atoms with Gasteiger partial charge in [0.1, 0.15) is 11.3 Å². The second-order valence-electron chi connectivity index (χ2n) is 5.96. The molecule has 1 N–H and O–H groups in total. The van der Waals surface area contributed by atoms with Crippen LogP contribution in [0.1, 0.15) is 22.4 Å². The largest absolute Gasteiger partial charge is 0.480 e. The molecule has 0 aliphatic rings. The summed E-state index contributed by atoms with van der Waals surface area (Å²) < 4.78 is 12.6. The van der Waals surface area contributed by atoms with Gasteiger partial charge in [0.25, 0.3) is 0 Å². The van der Waals surface area contributed by atoms with Gasteiger partial charge >= 0.3 is 0 Å². The third-order valence-corrected chi connectivity index (χ3v) is 4.32. The topological polar surface area (TPSA) is 69.3 Å². The average Bonchev–Trinajstić information content (AvgIpc) is 3.05. The predicted molar refractivity (Wildman–Crippen MR) is 92.5 cm³/mol. The third-order valence-electron chi connectivity index (χ3n) is 4.32. The van der Waals surface area contributed by atoms with Crippen LogP contribution >= 0.6 is 0 Å². The molecule has 6 heteroatoms. The number of hydrogen-bond donors (Lipinski definition) is 1. The molecule has 0 saturated heterocycles. The second-order valence-corrected chi connectivity index (χ2v) is 5.96. The van der Waals surface area contributed by atoms with Crippen molar-refractivity contribution in [1.29, 1.82) is 0 Å². The number of benzene rings is 1. The number of nitrogens with zero attached hydrogens (tertiary/aromatic N) is 2. The fourth-order valence-corrected chi connectivity index (χ4v) is 2.90. The van der Waals surface area contributed by atoms with E-state index in [0.29, 0.717) is 17.3 Å². The SMILES string of the molecule is COc1c(NC(=O)Cc2coc3c(C)c(C)ccc23)c(C)nn1C. The Hall–Kier alpha value is -2.76. The number of methoxy groups -OCH3 is 1. The van der Waals surface area contributed by atoms with Crippen molar-refractivity contribution in [2.75, 3.05) is 12.4 Å². The molecular weight excluding hydrogens is 306 g/mol. The van der Waals surface area contributed by atoms with Gasteiger partial charge in [-0.05, 0) is 31.9 Å². The Morgan fingerprint density at radius 2 is 2.08 bits per heavy atom. The predicted octanol–water partition coefficient (Wildman–Crippen LogP) is 3.28. The van der Waals surface area contributed by atoms with E-state index in [-0.39, 0.29) is 12.3 Å². The number of rotatable bonds is 4. The first-order valence-corrected chi connectivity index (χ1v) is 7.76. The number of furan rings is 1. The molecule has 0 radical (unpaired) electrons. The molecule has 126 valence electrons.